The van der Waals surface area contributed by atoms with Crippen LogP contribution in [0, 0.1) is 0 Å². The lowest BCUT2D eigenvalue weighted by Crippen LogP contribution is -2.36. The van der Waals surface area contributed by atoms with E-state index in [1.807, 2.05) is 0 Å². The SMILES string of the molecule is CN(CCC1CCCCN1)c1cc(Br)cs1. The highest BCUT2D eigenvalue weighted by Gasteiger charge is 2.13. The molecule has 2 heterocycles. The zero-order valence-electron chi connectivity index (χ0n) is 9.71. The van der Waals surface area contributed by atoms with Gasteiger partial charge >= 0.3 is 0 Å². The third kappa shape index (κ3) is 3.47. The Hall–Kier alpha value is -0.0600. The maximum Gasteiger partial charge on any atom is 0.0917 e. The first-order valence-corrected chi connectivity index (χ1v) is 7.61. The summed E-state index contributed by atoms with van der Waals surface area (Å²) < 4.78 is 1.19. The summed E-state index contributed by atoms with van der Waals surface area (Å²) in [6.07, 6.45) is 5.35. The van der Waals surface area contributed by atoms with E-state index in [2.05, 4.69) is 44.6 Å². The summed E-state index contributed by atoms with van der Waals surface area (Å²) in [5, 5.41) is 7.09. The highest BCUT2D eigenvalue weighted by Crippen LogP contribution is 2.27. The molecule has 0 aliphatic carbocycles. The molecule has 1 aromatic rings. The van der Waals surface area contributed by atoms with Crippen molar-refractivity contribution >= 4 is 32.3 Å². The quantitative estimate of drug-likeness (QED) is 0.916. The fraction of sp³-hybridized carbons (Fsp3) is 0.667. The van der Waals surface area contributed by atoms with E-state index in [1.54, 1.807) is 11.3 Å². The Labute approximate surface area is 110 Å². The van der Waals surface area contributed by atoms with Crippen LogP contribution in [0.4, 0.5) is 5.00 Å². The minimum atomic E-state index is 0.736. The number of rotatable bonds is 4. The van der Waals surface area contributed by atoms with Crippen LogP contribution < -0.4 is 10.2 Å². The van der Waals surface area contributed by atoms with Crippen molar-refractivity contribution in [3.8, 4) is 0 Å². The Morgan fingerprint density at radius 3 is 3.06 bits per heavy atom. The summed E-state index contributed by atoms with van der Waals surface area (Å²) in [6, 6.07) is 2.93. The maximum absolute atomic E-state index is 3.60. The fourth-order valence-corrected chi connectivity index (χ4v) is 3.55. The molecule has 0 amide bonds. The van der Waals surface area contributed by atoms with E-state index in [-0.39, 0.29) is 0 Å². The van der Waals surface area contributed by atoms with Crippen molar-refractivity contribution in [3.63, 3.8) is 0 Å². The number of halogens is 1. The van der Waals surface area contributed by atoms with Gasteiger partial charge in [0.15, 0.2) is 0 Å². The molecule has 0 saturated carbocycles. The summed E-state index contributed by atoms with van der Waals surface area (Å²) in [4.78, 5) is 2.35. The first-order chi connectivity index (χ1) is 7.75. The Morgan fingerprint density at radius 1 is 1.56 bits per heavy atom. The van der Waals surface area contributed by atoms with Gasteiger partial charge in [-0.1, -0.05) is 6.42 Å². The predicted molar refractivity (Wildman–Crippen MR) is 75.5 cm³/mol. The minimum Gasteiger partial charge on any atom is -0.366 e. The van der Waals surface area contributed by atoms with E-state index in [0.717, 1.165) is 12.6 Å². The van der Waals surface area contributed by atoms with Crippen molar-refractivity contribution < 1.29 is 0 Å². The first kappa shape index (κ1) is 12.4. The van der Waals surface area contributed by atoms with Crippen LogP contribution in [0.15, 0.2) is 15.9 Å². The molecule has 2 nitrogen and oxygen atoms in total. The highest BCUT2D eigenvalue weighted by molar-refractivity contribution is 9.10. The second-order valence-electron chi connectivity index (χ2n) is 4.46. The van der Waals surface area contributed by atoms with Gasteiger partial charge in [-0.2, -0.15) is 0 Å². The van der Waals surface area contributed by atoms with Crippen molar-refractivity contribution in [2.45, 2.75) is 31.7 Å². The van der Waals surface area contributed by atoms with Crippen molar-refractivity contribution in [3.05, 3.63) is 15.9 Å². The van der Waals surface area contributed by atoms with Crippen LogP contribution in [0.3, 0.4) is 0 Å². The molecule has 1 atom stereocenters. The van der Waals surface area contributed by atoms with E-state index in [1.165, 1.54) is 41.7 Å². The fourth-order valence-electron chi connectivity index (χ4n) is 2.13. The molecule has 1 saturated heterocycles. The second kappa shape index (κ2) is 6.03. The third-order valence-corrected chi connectivity index (χ3v) is 4.96. The number of hydrogen-bond acceptors (Lipinski definition) is 3. The smallest absolute Gasteiger partial charge is 0.0917 e. The number of nitrogens with one attached hydrogen (secondary N) is 1. The van der Waals surface area contributed by atoms with Gasteiger partial charge in [0.25, 0.3) is 0 Å². The molecule has 1 aliphatic heterocycles. The van der Waals surface area contributed by atoms with Gasteiger partial charge in [0.1, 0.15) is 0 Å². The molecular weight excluding hydrogens is 284 g/mol. The summed E-state index contributed by atoms with van der Waals surface area (Å²) >= 11 is 5.30. The van der Waals surface area contributed by atoms with Crippen LogP contribution in [0.2, 0.25) is 0 Å². The Kier molecular flexibility index (Phi) is 4.67. The van der Waals surface area contributed by atoms with Gasteiger partial charge in [-0.15, -0.1) is 11.3 Å². The Balaban J connectivity index is 1.76. The molecule has 16 heavy (non-hydrogen) atoms. The van der Waals surface area contributed by atoms with Gasteiger partial charge in [0.05, 0.1) is 5.00 Å². The van der Waals surface area contributed by atoms with Crippen LogP contribution in [-0.2, 0) is 0 Å². The Morgan fingerprint density at radius 2 is 2.44 bits per heavy atom. The van der Waals surface area contributed by atoms with Gasteiger partial charge < -0.3 is 10.2 Å². The molecule has 1 fully saturated rings. The number of hydrogen-bond donors (Lipinski definition) is 1. The zero-order valence-corrected chi connectivity index (χ0v) is 12.1. The van der Waals surface area contributed by atoms with Crippen LogP contribution in [0.1, 0.15) is 25.7 Å². The third-order valence-electron chi connectivity index (χ3n) is 3.16. The lowest BCUT2D eigenvalue weighted by Gasteiger charge is -2.26. The normalized spacial score (nSPS) is 21.0. The van der Waals surface area contributed by atoms with E-state index >= 15 is 0 Å². The summed E-state index contributed by atoms with van der Waals surface area (Å²) in [6.45, 7) is 2.35. The predicted octanol–water partition coefficient (Wildman–Crippen LogP) is 3.48. The number of nitrogens with zero attached hydrogens (tertiary/aromatic N) is 1. The molecule has 0 bridgehead atoms. The molecule has 0 aromatic carbocycles. The van der Waals surface area contributed by atoms with Gasteiger partial charge in [0.2, 0.25) is 0 Å². The lowest BCUT2D eigenvalue weighted by atomic mass is 10.0. The second-order valence-corrected chi connectivity index (χ2v) is 6.27. The molecule has 2 rings (SSSR count). The van der Waals surface area contributed by atoms with Crippen LogP contribution >= 0.6 is 27.3 Å². The van der Waals surface area contributed by atoms with Crippen molar-refractivity contribution in [1.29, 1.82) is 0 Å². The van der Waals surface area contributed by atoms with Gasteiger partial charge in [-0.05, 0) is 47.8 Å². The van der Waals surface area contributed by atoms with Crippen LogP contribution in [-0.4, -0.2) is 26.2 Å². The molecule has 1 N–H and O–H groups in total. The molecular formula is C12H19BrN2S. The van der Waals surface area contributed by atoms with Crippen LogP contribution in [0.5, 0.6) is 0 Å². The number of anilines is 1. The molecule has 0 spiro atoms. The number of piperidine rings is 1. The average Bonchev–Trinajstić information content (AvgIpc) is 2.74. The maximum atomic E-state index is 3.60. The van der Waals surface area contributed by atoms with Crippen molar-refractivity contribution in [2.75, 3.05) is 25.0 Å². The molecule has 1 unspecified atom stereocenters. The van der Waals surface area contributed by atoms with Gasteiger partial charge in [-0.25, -0.2) is 0 Å². The Bertz CT molecular complexity index is 321. The molecule has 1 aromatic heterocycles. The van der Waals surface area contributed by atoms with Crippen molar-refractivity contribution in [1.82, 2.24) is 5.32 Å². The molecule has 1 aliphatic rings. The van der Waals surface area contributed by atoms with E-state index in [4.69, 9.17) is 0 Å². The summed E-state index contributed by atoms with van der Waals surface area (Å²) in [5.41, 5.74) is 0. The monoisotopic (exact) mass is 302 g/mol. The number of thiophene rings is 1. The summed E-state index contributed by atoms with van der Waals surface area (Å²) in [5.74, 6) is 0. The highest BCUT2D eigenvalue weighted by atomic mass is 79.9. The standard InChI is InChI=1S/C12H19BrN2S/c1-15(12-8-10(13)9-16-12)7-5-11-4-2-3-6-14-11/h8-9,11,14H,2-7H2,1H3. The zero-order chi connectivity index (χ0) is 11.4. The van der Waals surface area contributed by atoms with Crippen LogP contribution in [0.25, 0.3) is 0 Å². The molecule has 90 valence electrons. The van der Waals surface area contributed by atoms with Crippen molar-refractivity contribution in [2.24, 2.45) is 0 Å². The summed E-state index contributed by atoms with van der Waals surface area (Å²) in [7, 11) is 2.18. The van der Waals surface area contributed by atoms with E-state index in [0.29, 0.717) is 0 Å². The average molecular weight is 303 g/mol. The molecule has 4 heteroatoms. The van der Waals surface area contributed by atoms with Gasteiger partial charge in [-0.3, -0.25) is 0 Å². The largest absolute Gasteiger partial charge is 0.366 e. The first-order valence-electron chi connectivity index (χ1n) is 5.94. The molecule has 0 radical (unpaired) electrons. The lowest BCUT2D eigenvalue weighted by molar-refractivity contribution is 0.385. The minimum absolute atomic E-state index is 0.736. The van der Waals surface area contributed by atoms with E-state index in [9.17, 15) is 0 Å². The van der Waals surface area contributed by atoms with E-state index < -0.39 is 0 Å². The topological polar surface area (TPSA) is 15.3 Å². The van der Waals surface area contributed by atoms with Gasteiger partial charge in [0, 0.05) is 29.5 Å².